The number of halogens is 2. The number of rotatable bonds is 6. The fourth-order valence-electron chi connectivity index (χ4n) is 2.64. The van der Waals surface area contributed by atoms with Crippen LogP contribution in [0.25, 0.3) is 0 Å². The van der Waals surface area contributed by atoms with Crippen LogP contribution in [0.5, 0.6) is 0 Å². The number of amides is 2. The number of anilines is 1. The fraction of sp³-hybridized carbons (Fsp3) is 0.316. The predicted octanol–water partition coefficient (Wildman–Crippen LogP) is 2.65. The third-order valence-corrected chi connectivity index (χ3v) is 4.54. The molecule has 0 radical (unpaired) electrons. The van der Waals surface area contributed by atoms with Crippen molar-refractivity contribution in [2.45, 2.75) is 13.5 Å². The van der Waals surface area contributed by atoms with E-state index in [1.54, 1.807) is 18.3 Å². The van der Waals surface area contributed by atoms with Gasteiger partial charge in [-0.15, -0.1) is 24.8 Å². The smallest absolute Gasteiger partial charge is 0.257 e. The fourth-order valence-corrected chi connectivity index (χ4v) is 2.64. The Hall–Kier alpha value is -2.15. The van der Waals surface area contributed by atoms with E-state index in [0.717, 1.165) is 18.7 Å². The first-order valence-electron chi connectivity index (χ1n) is 8.42. The molecule has 1 unspecified atom stereocenters. The second-order valence-electron chi connectivity index (χ2n) is 6.32. The molecule has 6 nitrogen and oxygen atoms in total. The van der Waals surface area contributed by atoms with Crippen molar-refractivity contribution in [3.8, 4) is 0 Å². The number of hydrogen-bond donors (Lipinski definition) is 3. The van der Waals surface area contributed by atoms with Crippen LogP contribution in [0.2, 0.25) is 0 Å². The number of nitrogens with one attached hydrogen (secondary N) is 3. The van der Waals surface area contributed by atoms with Crippen molar-refractivity contribution in [2.24, 2.45) is 11.8 Å². The Kier molecular flexibility index (Phi) is 9.21. The van der Waals surface area contributed by atoms with Crippen LogP contribution in [0.3, 0.4) is 0 Å². The number of benzene rings is 1. The van der Waals surface area contributed by atoms with Crippen molar-refractivity contribution in [1.29, 1.82) is 0 Å². The molecule has 0 bridgehead atoms. The van der Waals surface area contributed by atoms with Crippen LogP contribution < -0.4 is 16.0 Å². The Morgan fingerprint density at radius 3 is 2.44 bits per heavy atom. The summed E-state index contributed by atoms with van der Waals surface area (Å²) in [4.78, 5) is 28.1. The van der Waals surface area contributed by atoms with E-state index in [-0.39, 0.29) is 42.5 Å². The zero-order chi connectivity index (χ0) is 17.6. The molecule has 8 heteroatoms. The summed E-state index contributed by atoms with van der Waals surface area (Å²) in [6.45, 7) is 4.29. The monoisotopic (exact) mass is 410 g/mol. The van der Waals surface area contributed by atoms with Crippen molar-refractivity contribution < 1.29 is 9.59 Å². The van der Waals surface area contributed by atoms with Crippen LogP contribution in [0.1, 0.15) is 22.8 Å². The molecule has 1 aromatic carbocycles. The number of carbonyl (C=O) groups is 2. The van der Waals surface area contributed by atoms with Gasteiger partial charge in [-0.25, -0.2) is 0 Å². The van der Waals surface area contributed by atoms with Crippen LogP contribution in [0, 0.1) is 11.8 Å². The van der Waals surface area contributed by atoms with Gasteiger partial charge in [-0.1, -0.05) is 19.1 Å². The number of carbonyl (C=O) groups excluding carboxylic acids is 2. The highest BCUT2D eigenvalue weighted by molar-refractivity contribution is 6.04. The molecular weight excluding hydrogens is 387 g/mol. The van der Waals surface area contributed by atoms with Gasteiger partial charge >= 0.3 is 0 Å². The van der Waals surface area contributed by atoms with Gasteiger partial charge in [0.15, 0.2) is 0 Å². The molecule has 146 valence electrons. The summed E-state index contributed by atoms with van der Waals surface area (Å²) in [5.74, 6) is 0.349. The van der Waals surface area contributed by atoms with Gasteiger partial charge in [0.1, 0.15) is 0 Å². The Morgan fingerprint density at radius 2 is 1.89 bits per heavy atom. The van der Waals surface area contributed by atoms with Crippen LogP contribution in [0.15, 0.2) is 48.8 Å². The largest absolute Gasteiger partial charge is 0.352 e. The minimum atomic E-state index is -0.197. The molecule has 27 heavy (non-hydrogen) atoms. The molecule has 2 amide bonds. The lowest BCUT2D eigenvalue weighted by Gasteiger charge is -2.31. The van der Waals surface area contributed by atoms with Crippen molar-refractivity contribution in [1.82, 2.24) is 15.6 Å². The Morgan fingerprint density at radius 1 is 1.19 bits per heavy atom. The lowest BCUT2D eigenvalue weighted by Crippen LogP contribution is -2.49. The summed E-state index contributed by atoms with van der Waals surface area (Å²) in [6, 6.07) is 10.9. The summed E-state index contributed by atoms with van der Waals surface area (Å²) >= 11 is 0. The zero-order valence-electron chi connectivity index (χ0n) is 15.0. The number of pyridine rings is 1. The summed E-state index contributed by atoms with van der Waals surface area (Å²) in [6.07, 6.45) is 3.15. The van der Waals surface area contributed by atoms with E-state index in [2.05, 4.69) is 20.9 Å². The topological polar surface area (TPSA) is 83.1 Å². The van der Waals surface area contributed by atoms with Crippen molar-refractivity contribution in [3.63, 3.8) is 0 Å². The Bertz CT molecular complexity index is 737. The average Bonchev–Trinajstić information content (AvgIpc) is 2.60. The first-order chi connectivity index (χ1) is 12.1. The third kappa shape index (κ3) is 6.20. The molecule has 2 heterocycles. The number of nitrogens with zero attached hydrogens (tertiary/aromatic N) is 1. The lowest BCUT2D eigenvalue weighted by molar-refractivity contribution is -0.126. The van der Waals surface area contributed by atoms with E-state index in [4.69, 9.17) is 0 Å². The Labute approximate surface area is 171 Å². The molecule has 1 aliphatic heterocycles. The lowest BCUT2D eigenvalue weighted by atomic mass is 9.88. The molecule has 0 saturated carbocycles. The van der Waals surface area contributed by atoms with Crippen LogP contribution in [-0.4, -0.2) is 29.9 Å². The number of aromatic nitrogens is 1. The van der Waals surface area contributed by atoms with Gasteiger partial charge in [0.05, 0.1) is 5.56 Å². The van der Waals surface area contributed by atoms with E-state index in [9.17, 15) is 9.59 Å². The molecule has 3 N–H and O–H groups in total. The normalized spacial score (nSPS) is 14.0. The average molecular weight is 411 g/mol. The van der Waals surface area contributed by atoms with Gasteiger partial charge in [0.25, 0.3) is 5.91 Å². The minimum Gasteiger partial charge on any atom is -0.352 e. The van der Waals surface area contributed by atoms with Crippen LogP contribution in [0.4, 0.5) is 5.69 Å². The molecule has 0 spiro atoms. The first kappa shape index (κ1) is 22.9. The van der Waals surface area contributed by atoms with Gasteiger partial charge in [-0.2, -0.15) is 0 Å². The highest BCUT2D eigenvalue weighted by Crippen LogP contribution is 2.16. The summed E-state index contributed by atoms with van der Waals surface area (Å²) in [7, 11) is 0. The molecule has 1 aliphatic rings. The first-order valence-corrected chi connectivity index (χ1v) is 8.42. The van der Waals surface area contributed by atoms with E-state index >= 15 is 0 Å². The SMILES string of the molecule is CC(C(=O)NCc1ccc(NC(=O)c2cccnc2)cc1)C1CNC1.Cl.Cl. The van der Waals surface area contributed by atoms with Gasteiger partial charge in [0.2, 0.25) is 5.91 Å². The summed E-state index contributed by atoms with van der Waals surface area (Å²) in [5, 5.41) is 8.98. The third-order valence-electron chi connectivity index (χ3n) is 4.54. The zero-order valence-corrected chi connectivity index (χ0v) is 16.6. The van der Waals surface area contributed by atoms with Crippen LogP contribution >= 0.6 is 24.8 Å². The molecule has 2 aromatic rings. The summed E-state index contributed by atoms with van der Waals surface area (Å²) in [5.41, 5.74) is 2.21. The summed E-state index contributed by atoms with van der Waals surface area (Å²) < 4.78 is 0. The second-order valence-corrected chi connectivity index (χ2v) is 6.32. The van der Waals surface area contributed by atoms with Crippen LogP contribution in [-0.2, 0) is 11.3 Å². The molecule has 0 aliphatic carbocycles. The maximum absolute atomic E-state index is 12.1. The predicted molar refractivity (Wildman–Crippen MR) is 110 cm³/mol. The van der Waals surface area contributed by atoms with Crippen molar-refractivity contribution in [2.75, 3.05) is 18.4 Å². The maximum atomic E-state index is 12.1. The molecule has 1 aromatic heterocycles. The number of hydrogen-bond acceptors (Lipinski definition) is 4. The maximum Gasteiger partial charge on any atom is 0.257 e. The quantitative estimate of drug-likeness (QED) is 0.683. The van der Waals surface area contributed by atoms with Crippen molar-refractivity contribution >= 4 is 42.3 Å². The van der Waals surface area contributed by atoms with E-state index in [1.165, 1.54) is 6.20 Å². The highest BCUT2D eigenvalue weighted by atomic mass is 35.5. The highest BCUT2D eigenvalue weighted by Gasteiger charge is 2.28. The van der Waals surface area contributed by atoms with Gasteiger partial charge in [0, 0.05) is 30.5 Å². The molecule has 3 rings (SSSR count). The van der Waals surface area contributed by atoms with E-state index in [0.29, 0.717) is 23.7 Å². The minimum absolute atomic E-state index is 0. The molecular formula is C19H24Cl2N4O2. The molecule has 1 fully saturated rings. The van der Waals surface area contributed by atoms with Crippen molar-refractivity contribution in [3.05, 3.63) is 59.9 Å². The van der Waals surface area contributed by atoms with Gasteiger partial charge in [-0.3, -0.25) is 14.6 Å². The Balaban J connectivity index is 0.00000182. The second kappa shape index (κ2) is 10.9. The van der Waals surface area contributed by atoms with E-state index in [1.807, 2.05) is 31.2 Å². The standard InChI is InChI=1S/C19H22N4O2.2ClH/c1-13(16-11-21-12-16)18(24)22-9-14-4-6-17(7-5-14)23-19(25)15-3-2-8-20-10-15;;/h2-8,10,13,16,21H,9,11-12H2,1H3,(H,22,24)(H,23,25);2*1H. The van der Waals surface area contributed by atoms with Gasteiger partial charge in [-0.05, 0) is 48.8 Å². The van der Waals surface area contributed by atoms with E-state index < -0.39 is 0 Å². The van der Waals surface area contributed by atoms with Gasteiger partial charge < -0.3 is 16.0 Å². The molecule has 1 saturated heterocycles. The molecule has 1 atom stereocenters.